The molecule has 11 heteroatoms. The van der Waals surface area contributed by atoms with Crippen LogP contribution in [0.1, 0.15) is 48.0 Å². The van der Waals surface area contributed by atoms with Gasteiger partial charge < -0.3 is 30.1 Å². The van der Waals surface area contributed by atoms with Crippen LogP contribution in [0.2, 0.25) is 0 Å². The number of nitrogens with zero attached hydrogens (tertiary/aromatic N) is 1. The van der Waals surface area contributed by atoms with Crippen molar-refractivity contribution in [3.63, 3.8) is 0 Å². The zero-order chi connectivity index (χ0) is 23.2. The standard InChI is InChI=1S/C19H31N3O8/c1-7-29-17(27)14-13(16(25)26)22(14)12(23)9-20-15(24)11(8-10(2)3)21-18(28)30-19(4,5)6/h10-11,13-14H,7-9H2,1-6H3,(H,20,24)(H,21,28)(H,25,26)/t11-,13+,14+,22?/m0/s1. The van der Waals surface area contributed by atoms with Gasteiger partial charge in [-0.15, -0.1) is 0 Å². The minimum Gasteiger partial charge on any atom is -0.480 e. The molecule has 1 rings (SSSR count). The number of hydrogen-bond acceptors (Lipinski definition) is 7. The Labute approximate surface area is 175 Å². The van der Waals surface area contributed by atoms with Gasteiger partial charge in [-0.25, -0.2) is 14.4 Å². The fourth-order valence-corrected chi connectivity index (χ4v) is 2.80. The van der Waals surface area contributed by atoms with Gasteiger partial charge in [0.05, 0.1) is 13.2 Å². The van der Waals surface area contributed by atoms with Gasteiger partial charge >= 0.3 is 18.0 Å². The number of ether oxygens (including phenoxy) is 2. The molecule has 170 valence electrons. The van der Waals surface area contributed by atoms with Crippen LogP contribution in [0.3, 0.4) is 0 Å². The van der Waals surface area contributed by atoms with Crippen molar-refractivity contribution in [2.75, 3.05) is 13.2 Å². The molecule has 0 aromatic heterocycles. The maximum absolute atomic E-state index is 12.5. The molecule has 0 aliphatic carbocycles. The van der Waals surface area contributed by atoms with E-state index in [1.807, 2.05) is 13.8 Å². The molecule has 0 aromatic carbocycles. The van der Waals surface area contributed by atoms with Gasteiger partial charge in [0.1, 0.15) is 11.6 Å². The highest BCUT2D eigenvalue weighted by Crippen LogP contribution is 2.29. The first-order valence-corrected chi connectivity index (χ1v) is 9.76. The number of esters is 1. The summed E-state index contributed by atoms with van der Waals surface area (Å²) in [6, 6.07) is -3.48. The zero-order valence-corrected chi connectivity index (χ0v) is 18.2. The Bertz CT molecular complexity index is 686. The van der Waals surface area contributed by atoms with Gasteiger partial charge in [-0.3, -0.25) is 9.59 Å². The van der Waals surface area contributed by atoms with Crippen LogP contribution in [0.5, 0.6) is 0 Å². The van der Waals surface area contributed by atoms with E-state index in [1.165, 1.54) is 0 Å². The van der Waals surface area contributed by atoms with Gasteiger partial charge in [-0.1, -0.05) is 13.8 Å². The van der Waals surface area contributed by atoms with Gasteiger partial charge in [-0.2, -0.15) is 0 Å². The molecular formula is C19H31N3O8. The summed E-state index contributed by atoms with van der Waals surface area (Å²) >= 11 is 0. The minimum atomic E-state index is -1.34. The van der Waals surface area contributed by atoms with Gasteiger partial charge in [0, 0.05) is 0 Å². The lowest BCUT2D eigenvalue weighted by molar-refractivity contribution is -0.145. The largest absolute Gasteiger partial charge is 0.480 e. The molecule has 0 spiro atoms. The Morgan fingerprint density at radius 3 is 2.17 bits per heavy atom. The van der Waals surface area contributed by atoms with Crippen LogP contribution < -0.4 is 10.6 Å². The molecule has 0 bridgehead atoms. The Hall–Kier alpha value is -2.85. The first kappa shape index (κ1) is 25.2. The van der Waals surface area contributed by atoms with Crippen LogP contribution >= 0.6 is 0 Å². The van der Waals surface area contributed by atoms with Crippen molar-refractivity contribution in [1.29, 1.82) is 0 Å². The van der Waals surface area contributed by atoms with Crippen molar-refractivity contribution in [3.8, 4) is 0 Å². The highest BCUT2D eigenvalue weighted by molar-refractivity contribution is 6.01. The van der Waals surface area contributed by atoms with E-state index in [0.717, 1.165) is 4.90 Å². The third-order valence-electron chi connectivity index (χ3n) is 4.01. The number of alkyl carbamates (subject to hydrolysis) is 1. The van der Waals surface area contributed by atoms with Gasteiger partial charge in [-0.05, 0) is 40.0 Å². The topological polar surface area (TPSA) is 151 Å². The van der Waals surface area contributed by atoms with Crippen LogP contribution in [0.4, 0.5) is 4.79 Å². The minimum absolute atomic E-state index is 0.0493. The fraction of sp³-hybridized carbons (Fsp3) is 0.737. The quantitative estimate of drug-likeness (QED) is 0.349. The molecule has 1 heterocycles. The molecule has 0 unspecified atom stereocenters. The van der Waals surface area contributed by atoms with Crippen molar-refractivity contribution < 1.29 is 38.6 Å². The van der Waals surface area contributed by atoms with Gasteiger partial charge in [0.15, 0.2) is 12.1 Å². The average molecular weight is 429 g/mol. The van der Waals surface area contributed by atoms with Crippen LogP contribution in [-0.4, -0.2) is 76.7 Å². The van der Waals surface area contributed by atoms with Crippen molar-refractivity contribution in [2.45, 2.75) is 71.7 Å². The molecule has 3 amide bonds. The van der Waals surface area contributed by atoms with Gasteiger partial charge in [0.2, 0.25) is 11.8 Å². The molecule has 11 nitrogen and oxygen atoms in total. The van der Waals surface area contributed by atoms with E-state index in [0.29, 0.717) is 6.42 Å². The monoisotopic (exact) mass is 429 g/mol. The Balaban J connectivity index is 2.71. The first-order valence-electron chi connectivity index (χ1n) is 9.76. The Kier molecular flexibility index (Phi) is 8.61. The van der Waals surface area contributed by atoms with Crippen molar-refractivity contribution in [3.05, 3.63) is 0 Å². The molecule has 3 atom stereocenters. The molecule has 0 aromatic rings. The third kappa shape index (κ3) is 7.53. The summed E-state index contributed by atoms with van der Waals surface area (Å²) in [7, 11) is 0. The van der Waals surface area contributed by atoms with Crippen LogP contribution in [-0.2, 0) is 28.7 Å². The second-order valence-electron chi connectivity index (χ2n) is 8.33. The number of aliphatic carboxylic acids is 1. The van der Waals surface area contributed by atoms with Crippen molar-refractivity contribution >= 4 is 29.8 Å². The Morgan fingerprint density at radius 1 is 1.10 bits per heavy atom. The smallest absolute Gasteiger partial charge is 0.408 e. The van der Waals surface area contributed by atoms with E-state index < -0.39 is 60.1 Å². The van der Waals surface area contributed by atoms with E-state index in [4.69, 9.17) is 14.6 Å². The van der Waals surface area contributed by atoms with Crippen LogP contribution in [0, 0.1) is 5.92 Å². The Morgan fingerprint density at radius 2 is 1.70 bits per heavy atom. The molecule has 1 aliphatic heterocycles. The van der Waals surface area contributed by atoms with Gasteiger partial charge in [0.25, 0.3) is 0 Å². The summed E-state index contributed by atoms with van der Waals surface area (Å²) < 4.78 is 9.93. The number of rotatable bonds is 9. The number of hydrogen-bond donors (Lipinski definition) is 3. The van der Waals surface area contributed by atoms with Crippen LogP contribution in [0.25, 0.3) is 0 Å². The average Bonchev–Trinajstić information content (AvgIpc) is 3.33. The highest BCUT2D eigenvalue weighted by Gasteiger charge is 2.61. The maximum atomic E-state index is 12.5. The van der Waals surface area contributed by atoms with Crippen LogP contribution in [0.15, 0.2) is 0 Å². The second kappa shape index (κ2) is 10.3. The fourth-order valence-electron chi connectivity index (χ4n) is 2.80. The summed E-state index contributed by atoms with van der Waals surface area (Å²) in [5.74, 6) is -3.45. The van der Waals surface area contributed by atoms with E-state index in [1.54, 1.807) is 27.7 Å². The molecular weight excluding hydrogens is 398 g/mol. The summed E-state index contributed by atoms with van der Waals surface area (Å²) in [5, 5.41) is 14.0. The lowest BCUT2D eigenvalue weighted by atomic mass is 10.0. The molecule has 30 heavy (non-hydrogen) atoms. The normalized spacial score (nSPS) is 19.0. The number of carboxylic acids is 1. The number of nitrogens with one attached hydrogen (secondary N) is 2. The van der Waals surface area contributed by atoms with E-state index in [2.05, 4.69) is 10.6 Å². The number of carbonyl (C=O) groups excluding carboxylic acids is 4. The molecule has 3 N–H and O–H groups in total. The lowest BCUT2D eigenvalue weighted by Crippen LogP contribution is -2.50. The summed E-state index contributed by atoms with van der Waals surface area (Å²) in [6.07, 6.45) is -0.472. The lowest BCUT2D eigenvalue weighted by Gasteiger charge is -2.24. The maximum Gasteiger partial charge on any atom is 0.408 e. The van der Waals surface area contributed by atoms with Crippen molar-refractivity contribution in [2.24, 2.45) is 5.92 Å². The molecule has 0 radical (unpaired) electrons. The first-order chi connectivity index (χ1) is 13.8. The van der Waals surface area contributed by atoms with Crippen molar-refractivity contribution in [1.82, 2.24) is 15.5 Å². The molecule has 1 saturated heterocycles. The molecule has 0 saturated carbocycles. The molecule has 1 fully saturated rings. The summed E-state index contributed by atoms with van der Waals surface area (Å²) in [4.78, 5) is 60.7. The third-order valence-corrected chi connectivity index (χ3v) is 4.01. The van der Waals surface area contributed by atoms with E-state index >= 15 is 0 Å². The number of carbonyl (C=O) groups is 5. The predicted molar refractivity (Wildman–Crippen MR) is 104 cm³/mol. The number of amides is 3. The summed E-state index contributed by atoms with van der Waals surface area (Å²) in [6.45, 7) is 9.87. The molecule has 1 aliphatic rings. The van der Waals surface area contributed by atoms with E-state index in [9.17, 15) is 24.0 Å². The van der Waals surface area contributed by atoms with E-state index in [-0.39, 0.29) is 12.5 Å². The zero-order valence-electron chi connectivity index (χ0n) is 18.2. The number of carboxylic acid groups (broad SMARTS) is 1. The SMILES string of the molecule is CCOC(=O)[C@H]1[C@H](C(=O)O)N1C(=O)CNC(=O)[C@H](CC(C)C)NC(=O)OC(C)(C)C. The summed E-state index contributed by atoms with van der Waals surface area (Å²) in [5.41, 5.74) is -0.744. The highest BCUT2D eigenvalue weighted by atomic mass is 16.6. The second-order valence-corrected chi connectivity index (χ2v) is 8.33. The predicted octanol–water partition coefficient (Wildman–Crippen LogP) is 0.269.